The third kappa shape index (κ3) is 2.44. The summed E-state index contributed by atoms with van der Waals surface area (Å²) in [5, 5.41) is 7.91. The molecule has 0 bridgehead atoms. The minimum Gasteiger partial charge on any atom is -0.314 e. The Hall–Kier alpha value is -0.870. The minimum absolute atomic E-state index is 0.619. The standard InChI is InChI=1S/C12H22N4/c1-4-11-7-12(15(3)14-11)9-16-6-5-13-8-10(16)2/h7,10,13H,4-6,8-9H2,1-3H3. The van der Waals surface area contributed by atoms with E-state index in [9.17, 15) is 0 Å². The molecule has 0 saturated carbocycles. The molecule has 90 valence electrons. The van der Waals surface area contributed by atoms with Crippen molar-refractivity contribution in [3.8, 4) is 0 Å². The van der Waals surface area contributed by atoms with Gasteiger partial charge in [0, 0.05) is 39.3 Å². The molecule has 1 saturated heterocycles. The Morgan fingerprint density at radius 3 is 3.00 bits per heavy atom. The van der Waals surface area contributed by atoms with Gasteiger partial charge >= 0.3 is 0 Å². The van der Waals surface area contributed by atoms with Crippen LogP contribution in [0.5, 0.6) is 0 Å². The molecule has 2 heterocycles. The molecule has 0 spiro atoms. The molecule has 0 amide bonds. The minimum atomic E-state index is 0.619. The molecule has 1 aromatic heterocycles. The Bertz CT molecular complexity index is 345. The molecule has 1 N–H and O–H groups in total. The highest BCUT2D eigenvalue weighted by Crippen LogP contribution is 2.11. The molecule has 2 rings (SSSR count). The molecular weight excluding hydrogens is 200 g/mol. The molecular formula is C12H22N4. The summed E-state index contributed by atoms with van der Waals surface area (Å²) in [6.45, 7) is 8.78. The van der Waals surface area contributed by atoms with Crippen molar-refractivity contribution in [2.75, 3.05) is 19.6 Å². The highest BCUT2D eigenvalue weighted by atomic mass is 15.3. The van der Waals surface area contributed by atoms with Crippen LogP contribution in [-0.2, 0) is 20.0 Å². The van der Waals surface area contributed by atoms with Crippen LogP contribution < -0.4 is 5.32 Å². The van der Waals surface area contributed by atoms with Crippen LogP contribution in [0.15, 0.2) is 6.07 Å². The molecule has 1 fully saturated rings. The van der Waals surface area contributed by atoms with Gasteiger partial charge < -0.3 is 5.32 Å². The van der Waals surface area contributed by atoms with Gasteiger partial charge in [-0.25, -0.2) is 0 Å². The number of piperazine rings is 1. The number of nitrogens with zero attached hydrogens (tertiary/aromatic N) is 3. The van der Waals surface area contributed by atoms with Gasteiger partial charge in [-0.15, -0.1) is 0 Å². The van der Waals surface area contributed by atoms with E-state index in [-0.39, 0.29) is 0 Å². The van der Waals surface area contributed by atoms with E-state index in [4.69, 9.17) is 0 Å². The highest BCUT2D eigenvalue weighted by molar-refractivity contribution is 5.10. The van der Waals surface area contributed by atoms with Gasteiger partial charge in [0.2, 0.25) is 0 Å². The average Bonchev–Trinajstić information content (AvgIpc) is 2.63. The van der Waals surface area contributed by atoms with Crippen molar-refractivity contribution in [3.63, 3.8) is 0 Å². The van der Waals surface area contributed by atoms with Crippen LogP contribution in [0.2, 0.25) is 0 Å². The molecule has 1 unspecified atom stereocenters. The Morgan fingerprint density at radius 1 is 1.56 bits per heavy atom. The smallest absolute Gasteiger partial charge is 0.0625 e. The normalized spacial score (nSPS) is 22.6. The van der Waals surface area contributed by atoms with Crippen LogP contribution in [0.25, 0.3) is 0 Å². The number of rotatable bonds is 3. The van der Waals surface area contributed by atoms with Crippen molar-refractivity contribution in [2.24, 2.45) is 7.05 Å². The topological polar surface area (TPSA) is 33.1 Å². The van der Waals surface area contributed by atoms with Crippen molar-refractivity contribution in [3.05, 3.63) is 17.5 Å². The quantitative estimate of drug-likeness (QED) is 0.820. The maximum absolute atomic E-state index is 4.49. The predicted molar refractivity (Wildman–Crippen MR) is 65.3 cm³/mol. The number of hydrogen-bond acceptors (Lipinski definition) is 3. The summed E-state index contributed by atoms with van der Waals surface area (Å²) in [6, 6.07) is 2.85. The molecule has 16 heavy (non-hydrogen) atoms. The van der Waals surface area contributed by atoms with Gasteiger partial charge in [0.25, 0.3) is 0 Å². The molecule has 0 aromatic carbocycles. The lowest BCUT2D eigenvalue weighted by atomic mass is 10.2. The number of nitrogens with one attached hydrogen (secondary N) is 1. The van der Waals surface area contributed by atoms with Crippen molar-refractivity contribution < 1.29 is 0 Å². The van der Waals surface area contributed by atoms with Gasteiger partial charge in [0.1, 0.15) is 0 Å². The Labute approximate surface area is 97.6 Å². The summed E-state index contributed by atoms with van der Waals surface area (Å²) in [4.78, 5) is 2.52. The second-order valence-corrected chi connectivity index (χ2v) is 4.63. The molecule has 4 nitrogen and oxygen atoms in total. The summed E-state index contributed by atoms with van der Waals surface area (Å²) >= 11 is 0. The SMILES string of the molecule is CCc1cc(CN2CCNCC2C)n(C)n1. The van der Waals surface area contributed by atoms with E-state index in [1.165, 1.54) is 11.4 Å². The lowest BCUT2D eigenvalue weighted by molar-refractivity contribution is 0.162. The van der Waals surface area contributed by atoms with Crippen molar-refractivity contribution >= 4 is 0 Å². The summed E-state index contributed by atoms with van der Waals surface area (Å²) in [7, 11) is 2.04. The van der Waals surface area contributed by atoms with Crippen LogP contribution in [0.4, 0.5) is 0 Å². The van der Waals surface area contributed by atoms with Crippen LogP contribution in [-0.4, -0.2) is 40.4 Å². The molecule has 0 radical (unpaired) electrons. The largest absolute Gasteiger partial charge is 0.314 e. The van der Waals surface area contributed by atoms with Crippen LogP contribution in [0.3, 0.4) is 0 Å². The fraction of sp³-hybridized carbons (Fsp3) is 0.750. The summed E-state index contributed by atoms with van der Waals surface area (Å²) < 4.78 is 2.02. The van der Waals surface area contributed by atoms with Crippen LogP contribution >= 0.6 is 0 Å². The van der Waals surface area contributed by atoms with Crippen molar-refractivity contribution in [1.29, 1.82) is 0 Å². The average molecular weight is 222 g/mol. The van der Waals surface area contributed by atoms with Gasteiger partial charge in [-0.1, -0.05) is 6.92 Å². The predicted octanol–water partition coefficient (Wildman–Crippen LogP) is 0.776. The zero-order valence-corrected chi connectivity index (χ0v) is 10.5. The fourth-order valence-corrected chi connectivity index (χ4v) is 2.22. The second-order valence-electron chi connectivity index (χ2n) is 4.63. The molecule has 1 aliphatic rings. The van der Waals surface area contributed by atoms with Crippen molar-refractivity contribution in [1.82, 2.24) is 20.0 Å². The first kappa shape index (κ1) is 11.6. The summed E-state index contributed by atoms with van der Waals surface area (Å²) in [5.74, 6) is 0. The second kappa shape index (κ2) is 4.97. The van der Waals surface area contributed by atoms with Gasteiger partial charge in [0.05, 0.1) is 11.4 Å². The van der Waals surface area contributed by atoms with E-state index in [1.54, 1.807) is 0 Å². The van der Waals surface area contributed by atoms with E-state index >= 15 is 0 Å². The number of hydrogen-bond donors (Lipinski definition) is 1. The summed E-state index contributed by atoms with van der Waals surface area (Å²) in [5.41, 5.74) is 2.52. The third-order valence-corrected chi connectivity index (χ3v) is 3.39. The lowest BCUT2D eigenvalue weighted by Crippen LogP contribution is -2.49. The maximum atomic E-state index is 4.49. The number of aryl methyl sites for hydroxylation is 2. The molecule has 1 atom stereocenters. The Kier molecular flexibility index (Phi) is 3.61. The fourth-order valence-electron chi connectivity index (χ4n) is 2.22. The lowest BCUT2D eigenvalue weighted by Gasteiger charge is -2.33. The van der Waals surface area contributed by atoms with Gasteiger partial charge in [-0.3, -0.25) is 9.58 Å². The molecule has 0 aliphatic carbocycles. The molecule has 1 aliphatic heterocycles. The zero-order chi connectivity index (χ0) is 11.5. The van der Waals surface area contributed by atoms with E-state index in [2.05, 4.69) is 35.2 Å². The van der Waals surface area contributed by atoms with Crippen molar-refractivity contribution in [2.45, 2.75) is 32.9 Å². The number of aromatic nitrogens is 2. The molecule has 4 heteroatoms. The van der Waals surface area contributed by atoms with E-state index < -0.39 is 0 Å². The Morgan fingerprint density at radius 2 is 2.38 bits per heavy atom. The first-order valence-electron chi connectivity index (χ1n) is 6.17. The van der Waals surface area contributed by atoms with E-state index in [0.29, 0.717) is 6.04 Å². The molecule has 1 aromatic rings. The Balaban J connectivity index is 2.04. The van der Waals surface area contributed by atoms with E-state index in [0.717, 1.165) is 32.6 Å². The van der Waals surface area contributed by atoms with Crippen LogP contribution in [0.1, 0.15) is 25.2 Å². The first-order valence-corrected chi connectivity index (χ1v) is 6.17. The summed E-state index contributed by atoms with van der Waals surface area (Å²) in [6.07, 6.45) is 1.02. The van der Waals surface area contributed by atoms with Gasteiger partial charge in [0.15, 0.2) is 0 Å². The zero-order valence-electron chi connectivity index (χ0n) is 10.5. The highest BCUT2D eigenvalue weighted by Gasteiger charge is 2.19. The first-order chi connectivity index (χ1) is 7.70. The third-order valence-electron chi connectivity index (χ3n) is 3.39. The van der Waals surface area contributed by atoms with Crippen LogP contribution in [0, 0.1) is 0 Å². The van der Waals surface area contributed by atoms with Gasteiger partial charge in [-0.05, 0) is 19.4 Å². The maximum Gasteiger partial charge on any atom is 0.0625 e. The van der Waals surface area contributed by atoms with Gasteiger partial charge in [-0.2, -0.15) is 5.10 Å². The monoisotopic (exact) mass is 222 g/mol. The van der Waals surface area contributed by atoms with E-state index in [1.807, 2.05) is 11.7 Å².